The zero-order valence-corrected chi connectivity index (χ0v) is 14.4. The van der Waals surface area contributed by atoms with Gasteiger partial charge in [0.15, 0.2) is 15.8 Å². The van der Waals surface area contributed by atoms with Crippen molar-refractivity contribution in [3.05, 3.63) is 30.3 Å². The molecule has 0 radical (unpaired) electrons. The van der Waals surface area contributed by atoms with Gasteiger partial charge in [-0.15, -0.1) is 0 Å². The molecule has 1 fully saturated rings. The van der Waals surface area contributed by atoms with E-state index in [9.17, 15) is 8.42 Å². The highest BCUT2D eigenvalue weighted by Crippen LogP contribution is 2.15. The molecule has 1 saturated heterocycles. The number of guanidine groups is 1. The van der Waals surface area contributed by atoms with E-state index in [1.165, 1.54) is 0 Å². The number of nitrogens with zero attached hydrogens (tertiary/aromatic N) is 2. The van der Waals surface area contributed by atoms with E-state index in [-0.39, 0.29) is 11.8 Å². The number of rotatable bonds is 5. The van der Waals surface area contributed by atoms with Crippen LogP contribution >= 0.6 is 11.8 Å². The van der Waals surface area contributed by atoms with E-state index in [1.54, 1.807) is 30.3 Å². The third kappa shape index (κ3) is 4.64. The zero-order valence-electron chi connectivity index (χ0n) is 12.8. The molecule has 0 saturated carbocycles. The molecule has 1 aromatic carbocycles. The Morgan fingerprint density at radius 1 is 1.32 bits per heavy atom. The topological polar surface area (TPSA) is 75.8 Å². The number of sulfone groups is 1. The Morgan fingerprint density at radius 3 is 2.55 bits per heavy atom. The molecule has 0 aromatic heterocycles. The van der Waals surface area contributed by atoms with Gasteiger partial charge in [0.05, 0.1) is 16.7 Å². The van der Waals surface area contributed by atoms with Crippen LogP contribution in [0, 0.1) is 0 Å². The Labute approximate surface area is 136 Å². The Bertz CT molecular complexity index is 596. The third-order valence-corrected chi connectivity index (χ3v) is 6.39. The average molecular weight is 342 g/mol. The molecule has 0 spiro atoms. The van der Waals surface area contributed by atoms with Crippen molar-refractivity contribution in [2.75, 3.05) is 30.3 Å². The van der Waals surface area contributed by atoms with E-state index < -0.39 is 9.84 Å². The number of hydrogen-bond acceptors (Lipinski definition) is 4. The van der Waals surface area contributed by atoms with E-state index in [4.69, 9.17) is 5.73 Å². The van der Waals surface area contributed by atoms with Crippen LogP contribution in [0.2, 0.25) is 0 Å². The highest BCUT2D eigenvalue weighted by atomic mass is 32.2. The molecular weight excluding hydrogens is 318 g/mol. The summed E-state index contributed by atoms with van der Waals surface area (Å²) in [4.78, 5) is 6.84. The van der Waals surface area contributed by atoms with Crippen LogP contribution in [0.4, 0.5) is 0 Å². The van der Waals surface area contributed by atoms with Crippen LogP contribution in [0.5, 0.6) is 0 Å². The van der Waals surface area contributed by atoms with Gasteiger partial charge in [-0.05, 0) is 18.6 Å². The molecule has 0 amide bonds. The van der Waals surface area contributed by atoms with Crippen LogP contribution < -0.4 is 5.73 Å². The van der Waals surface area contributed by atoms with Gasteiger partial charge in [-0.1, -0.05) is 25.1 Å². The van der Waals surface area contributed by atoms with Crippen molar-refractivity contribution in [3.8, 4) is 0 Å². The first-order valence-corrected chi connectivity index (χ1v) is 10.3. The predicted octanol–water partition coefficient (Wildman–Crippen LogP) is 1.60. The first-order valence-electron chi connectivity index (χ1n) is 7.46. The molecule has 0 bridgehead atoms. The maximum absolute atomic E-state index is 12.4. The van der Waals surface area contributed by atoms with Crippen molar-refractivity contribution in [1.82, 2.24) is 4.90 Å². The molecule has 122 valence electrons. The second-order valence-electron chi connectivity index (χ2n) is 5.24. The standard InChI is InChI=1S/C15H23N3O2S2/c1-2-13(17-15(16)18-8-10-21-11-9-18)12-22(19,20)14-6-4-3-5-7-14/h3-7,13H,2,8-12H2,1H3,(H2,16,17). The number of hydrogen-bond donors (Lipinski definition) is 1. The second-order valence-corrected chi connectivity index (χ2v) is 8.50. The minimum absolute atomic E-state index is 0.00317. The predicted molar refractivity (Wildman–Crippen MR) is 93.1 cm³/mol. The summed E-state index contributed by atoms with van der Waals surface area (Å²) < 4.78 is 24.9. The SMILES string of the molecule is CCC(CS(=O)(=O)c1ccccc1)N=C(N)N1CCSCC1. The van der Waals surface area contributed by atoms with Gasteiger partial charge in [-0.3, -0.25) is 0 Å². The molecule has 2 rings (SSSR count). The number of benzene rings is 1. The molecular formula is C15H23N3O2S2. The molecule has 2 N–H and O–H groups in total. The van der Waals surface area contributed by atoms with Crippen LogP contribution in [-0.4, -0.2) is 55.7 Å². The van der Waals surface area contributed by atoms with Crippen LogP contribution in [0.1, 0.15) is 13.3 Å². The Morgan fingerprint density at radius 2 is 1.95 bits per heavy atom. The van der Waals surface area contributed by atoms with E-state index in [0.717, 1.165) is 24.6 Å². The summed E-state index contributed by atoms with van der Waals surface area (Å²) in [6, 6.07) is 8.21. The Balaban J connectivity index is 2.08. The van der Waals surface area contributed by atoms with E-state index in [0.29, 0.717) is 17.3 Å². The average Bonchev–Trinajstić information content (AvgIpc) is 2.55. The Hall–Kier alpha value is -1.21. The first-order chi connectivity index (χ1) is 10.5. The molecule has 1 aliphatic rings. The van der Waals surface area contributed by atoms with Gasteiger partial charge >= 0.3 is 0 Å². The van der Waals surface area contributed by atoms with Gasteiger partial charge in [-0.25, -0.2) is 13.4 Å². The number of thioether (sulfide) groups is 1. The molecule has 22 heavy (non-hydrogen) atoms. The summed E-state index contributed by atoms with van der Waals surface area (Å²) in [5.74, 6) is 2.54. The summed E-state index contributed by atoms with van der Waals surface area (Å²) in [6.45, 7) is 3.69. The lowest BCUT2D eigenvalue weighted by Crippen LogP contribution is -2.43. The van der Waals surface area contributed by atoms with Crippen molar-refractivity contribution in [2.24, 2.45) is 10.7 Å². The summed E-state index contributed by atoms with van der Waals surface area (Å²) in [5.41, 5.74) is 6.05. The molecule has 1 aromatic rings. The van der Waals surface area contributed by atoms with Gasteiger partial charge in [-0.2, -0.15) is 11.8 Å². The van der Waals surface area contributed by atoms with Gasteiger partial charge in [0.25, 0.3) is 0 Å². The van der Waals surface area contributed by atoms with Crippen LogP contribution in [0.15, 0.2) is 40.2 Å². The van der Waals surface area contributed by atoms with Gasteiger partial charge in [0, 0.05) is 24.6 Å². The minimum atomic E-state index is -3.33. The lowest BCUT2D eigenvalue weighted by molar-refractivity contribution is 0.452. The van der Waals surface area contributed by atoms with Crippen LogP contribution in [0.3, 0.4) is 0 Å². The molecule has 7 heteroatoms. The summed E-state index contributed by atoms with van der Waals surface area (Å²) in [7, 11) is -3.33. The fourth-order valence-electron chi connectivity index (χ4n) is 2.28. The van der Waals surface area contributed by atoms with Gasteiger partial charge in [0.1, 0.15) is 0 Å². The zero-order chi connectivity index (χ0) is 16.0. The van der Waals surface area contributed by atoms with Gasteiger partial charge < -0.3 is 10.6 Å². The lowest BCUT2D eigenvalue weighted by Gasteiger charge is -2.28. The number of aliphatic imine (C=N–C) groups is 1. The van der Waals surface area contributed by atoms with Crippen molar-refractivity contribution in [2.45, 2.75) is 24.3 Å². The number of nitrogens with two attached hydrogens (primary N) is 1. The minimum Gasteiger partial charge on any atom is -0.370 e. The Kier molecular flexibility index (Phi) is 6.14. The third-order valence-electron chi connectivity index (χ3n) is 3.64. The molecule has 1 heterocycles. The van der Waals surface area contributed by atoms with Crippen molar-refractivity contribution < 1.29 is 8.42 Å². The van der Waals surface area contributed by atoms with E-state index in [1.807, 2.05) is 23.6 Å². The monoisotopic (exact) mass is 341 g/mol. The van der Waals surface area contributed by atoms with Crippen LogP contribution in [-0.2, 0) is 9.84 Å². The van der Waals surface area contributed by atoms with Crippen molar-refractivity contribution >= 4 is 27.6 Å². The van der Waals surface area contributed by atoms with E-state index >= 15 is 0 Å². The summed E-state index contributed by atoms with van der Waals surface area (Å²) in [6.07, 6.45) is 0.648. The highest BCUT2D eigenvalue weighted by molar-refractivity contribution is 7.99. The fourth-order valence-corrected chi connectivity index (χ4v) is 4.77. The molecule has 1 atom stereocenters. The lowest BCUT2D eigenvalue weighted by atomic mass is 10.3. The molecule has 0 aliphatic carbocycles. The largest absolute Gasteiger partial charge is 0.370 e. The fraction of sp³-hybridized carbons (Fsp3) is 0.533. The summed E-state index contributed by atoms with van der Waals surface area (Å²) in [5, 5.41) is 0. The van der Waals surface area contributed by atoms with Crippen molar-refractivity contribution in [3.63, 3.8) is 0 Å². The highest BCUT2D eigenvalue weighted by Gasteiger charge is 2.21. The first kappa shape index (κ1) is 17.1. The van der Waals surface area contributed by atoms with E-state index in [2.05, 4.69) is 4.99 Å². The maximum atomic E-state index is 12.4. The van der Waals surface area contributed by atoms with Crippen LogP contribution in [0.25, 0.3) is 0 Å². The molecule has 1 aliphatic heterocycles. The molecule has 5 nitrogen and oxygen atoms in total. The second kappa shape index (κ2) is 7.87. The maximum Gasteiger partial charge on any atom is 0.191 e. The smallest absolute Gasteiger partial charge is 0.191 e. The normalized spacial score (nSPS) is 18.2. The molecule has 1 unspecified atom stereocenters. The summed E-state index contributed by atoms with van der Waals surface area (Å²) >= 11 is 1.90. The van der Waals surface area contributed by atoms with Gasteiger partial charge in [0.2, 0.25) is 0 Å². The van der Waals surface area contributed by atoms with Crippen molar-refractivity contribution in [1.29, 1.82) is 0 Å². The quantitative estimate of drug-likeness (QED) is 0.650.